The van der Waals surface area contributed by atoms with Gasteiger partial charge in [0, 0.05) is 67.7 Å². The highest BCUT2D eigenvalue weighted by molar-refractivity contribution is 5.77. The minimum absolute atomic E-state index is 0.325. The molecule has 0 aliphatic carbocycles. The summed E-state index contributed by atoms with van der Waals surface area (Å²) in [5.41, 5.74) is 12.3. The molecule has 11 heteroatoms. The van der Waals surface area contributed by atoms with Gasteiger partial charge in [0.1, 0.15) is 11.8 Å². The molecule has 0 saturated carbocycles. The molecule has 0 unspecified atom stereocenters. The Morgan fingerprint density at radius 1 is 0.850 bits per heavy atom. The molecule has 1 aromatic carbocycles. The zero-order valence-electron chi connectivity index (χ0n) is 22.7. The molecule has 5 aromatic rings. The van der Waals surface area contributed by atoms with Crippen LogP contribution < -0.4 is 15.5 Å². The van der Waals surface area contributed by atoms with Crippen molar-refractivity contribution in [2.75, 3.05) is 49.2 Å². The SMILES string of the molecule is Cc1ccc([C@](C)(N)c2cnc(N3CCN(c4ncnn5cc(-c6cnn(C7COC7)c6)cc45)CC3)nc2)cc1. The number of anilines is 2. The van der Waals surface area contributed by atoms with Gasteiger partial charge in [-0.05, 0) is 25.5 Å². The molecule has 2 fully saturated rings. The van der Waals surface area contributed by atoms with Crippen LogP contribution in [0.1, 0.15) is 29.7 Å². The van der Waals surface area contributed by atoms with Gasteiger partial charge in [-0.25, -0.2) is 19.5 Å². The van der Waals surface area contributed by atoms with Crippen molar-refractivity contribution in [3.63, 3.8) is 0 Å². The van der Waals surface area contributed by atoms with E-state index in [9.17, 15) is 0 Å². The predicted octanol–water partition coefficient (Wildman–Crippen LogP) is 2.81. The standard InChI is InChI=1S/C29H32N10O/c1-20-3-5-23(6-4-20)29(2,30)24-13-31-28(32-14-24)37-9-7-36(8-10-37)27-26-11-21(15-39(26)35-19-33-27)22-12-34-38(16-22)25-17-40-18-25/h3-6,11-16,19,25H,7-10,17-18,30H2,1-2H3/t29-/m0/s1. The van der Waals surface area contributed by atoms with Crippen LogP contribution in [0.5, 0.6) is 0 Å². The number of hydrogen-bond donors (Lipinski definition) is 1. The number of piperazine rings is 1. The summed E-state index contributed by atoms with van der Waals surface area (Å²) in [7, 11) is 0. The minimum atomic E-state index is -0.663. The van der Waals surface area contributed by atoms with E-state index in [0.29, 0.717) is 6.04 Å². The Kier molecular flexibility index (Phi) is 5.97. The highest BCUT2D eigenvalue weighted by Gasteiger charge is 2.27. The fourth-order valence-electron chi connectivity index (χ4n) is 5.32. The molecular weight excluding hydrogens is 504 g/mol. The van der Waals surface area contributed by atoms with Crippen molar-refractivity contribution in [1.82, 2.24) is 34.3 Å². The summed E-state index contributed by atoms with van der Waals surface area (Å²) in [6.45, 7) is 8.69. The molecule has 7 rings (SSSR count). The fraction of sp³-hybridized carbons (Fsp3) is 0.345. The Hall–Kier alpha value is -4.35. The fourth-order valence-corrected chi connectivity index (χ4v) is 5.32. The number of rotatable bonds is 6. The highest BCUT2D eigenvalue weighted by atomic mass is 16.5. The van der Waals surface area contributed by atoms with Gasteiger partial charge in [0.25, 0.3) is 0 Å². The number of aromatic nitrogens is 7. The number of benzene rings is 1. The summed E-state index contributed by atoms with van der Waals surface area (Å²) in [4.78, 5) is 18.6. The van der Waals surface area contributed by atoms with Crippen LogP contribution in [0.15, 0.2) is 67.6 Å². The van der Waals surface area contributed by atoms with Crippen molar-refractivity contribution >= 4 is 17.3 Å². The van der Waals surface area contributed by atoms with Crippen LogP contribution in [0.3, 0.4) is 0 Å². The Balaban J connectivity index is 1.05. The molecule has 6 heterocycles. The lowest BCUT2D eigenvalue weighted by Gasteiger charge is -2.35. The topological polar surface area (TPSA) is 116 Å². The second-order valence-electron chi connectivity index (χ2n) is 10.9. The van der Waals surface area contributed by atoms with Crippen LogP contribution in [-0.2, 0) is 10.3 Å². The summed E-state index contributed by atoms with van der Waals surface area (Å²) in [5.74, 6) is 1.64. The smallest absolute Gasteiger partial charge is 0.225 e. The van der Waals surface area contributed by atoms with Crippen molar-refractivity contribution in [3.05, 3.63) is 84.3 Å². The predicted molar refractivity (Wildman–Crippen MR) is 152 cm³/mol. The Morgan fingerprint density at radius 3 is 2.27 bits per heavy atom. The largest absolute Gasteiger partial charge is 0.377 e. The maximum absolute atomic E-state index is 6.70. The van der Waals surface area contributed by atoms with Crippen LogP contribution in [-0.4, -0.2) is 73.7 Å². The Bertz CT molecular complexity index is 1630. The second kappa shape index (κ2) is 9.68. The molecule has 0 spiro atoms. The molecule has 0 amide bonds. The average molecular weight is 537 g/mol. The highest BCUT2D eigenvalue weighted by Crippen LogP contribution is 2.30. The molecule has 1 atom stereocenters. The van der Waals surface area contributed by atoms with E-state index >= 15 is 0 Å². The van der Waals surface area contributed by atoms with Crippen molar-refractivity contribution in [2.24, 2.45) is 5.73 Å². The maximum atomic E-state index is 6.70. The lowest BCUT2D eigenvalue weighted by atomic mass is 9.87. The first-order valence-electron chi connectivity index (χ1n) is 13.6. The van der Waals surface area contributed by atoms with Gasteiger partial charge >= 0.3 is 0 Å². The Morgan fingerprint density at radius 2 is 1.57 bits per heavy atom. The third kappa shape index (κ3) is 4.37. The van der Waals surface area contributed by atoms with Gasteiger partial charge in [0.2, 0.25) is 5.95 Å². The molecule has 0 radical (unpaired) electrons. The van der Waals surface area contributed by atoms with Gasteiger partial charge in [-0.1, -0.05) is 29.8 Å². The van der Waals surface area contributed by atoms with E-state index in [4.69, 9.17) is 20.4 Å². The molecule has 4 aromatic heterocycles. The van der Waals surface area contributed by atoms with Gasteiger partial charge in [-0.15, -0.1) is 0 Å². The minimum Gasteiger partial charge on any atom is -0.377 e. The van der Waals surface area contributed by atoms with Crippen molar-refractivity contribution in [1.29, 1.82) is 0 Å². The zero-order valence-corrected chi connectivity index (χ0v) is 22.7. The maximum Gasteiger partial charge on any atom is 0.225 e. The lowest BCUT2D eigenvalue weighted by Crippen LogP contribution is -2.47. The second-order valence-corrected chi connectivity index (χ2v) is 10.9. The van der Waals surface area contributed by atoms with Crippen LogP contribution in [0.4, 0.5) is 11.8 Å². The molecule has 40 heavy (non-hydrogen) atoms. The first-order valence-corrected chi connectivity index (χ1v) is 13.6. The van der Waals surface area contributed by atoms with Crippen LogP contribution in [0.25, 0.3) is 16.6 Å². The lowest BCUT2D eigenvalue weighted by molar-refractivity contribution is -0.0286. The zero-order chi connectivity index (χ0) is 27.3. The van der Waals surface area contributed by atoms with E-state index in [-0.39, 0.29) is 0 Å². The van der Waals surface area contributed by atoms with Crippen LogP contribution in [0.2, 0.25) is 0 Å². The summed E-state index contributed by atoms with van der Waals surface area (Å²) in [6.07, 6.45) is 11.3. The van der Waals surface area contributed by atoms with Gasteiger partial charge < -0.3 is 20.3 Å². The normalized spacial score (nSPS) is 17.7. The molecular formula is C29H32N10O. The van der Waals surface area contributed by atoms with E-state index in [1.165, 1.54) is 5.56 Å². The van der Waals surface area contributed by atoms with E-state index in [1.807, 2.05) is 40.9 Å². The van der Waals surface area contributed by atoms with Crippen molar-refractivity contribution < 1.29 is 4.74 Å². The molecule has 2 aliphatic heterocycles. The number of fused-ring (bicyclic) bond motifs is 1. The van der Waals surface area contributed by atoms with Gasteiger partial charge in [-0.3, -0.25) is 4.68 Å². The quantitative estimate of drug-likeness (QED) is 0.350. The summed E-state index contributed by atoms with van der Waals surface area (Å²) < 4.78 is 9.18. The third-order valence-electron chi connectivity index (χ3n) is 8.07. The molecule has 2 N–H and O–H groups in total. The molecule has 0 bridgehead atoms. The first kappa shape index (κ1) is 24.7. The summed E-state index contributed by atoms with van der Waals surface area (Å²) in [5, 5.41) is 8.99. The van der Waals surface area contributed by atoms with E-state index in [1.54, 1.807) is 6.33 Å². The number of ether oxygens (including phenoxy) is 1. The van der Waals surface area contributed by atoms with Crippen LogP contribution >= 0.6 is 0 Å². The van der Waals surface area contributed by atoms with Gasteiger partial charge in [0.15, 0.2) is 5.82 Å². The Labute approximate surface area is 232 Å². The average Bonchev–Trinajstić information content (AvgIpc) is 3.60. The number of aryl methyl sites for hydroxylation is 1. The van der Waals surface area contributed by atoms with Crippen molar-refractivity contribution in [2.45, 2.75) is 25.4 Å². The van der Waals surface area contributed by atoms with E-state index < -0.39 is 5.54 Å². The summed E-state index contributed by atoms with van der Waals surface area (Å²) in [6, 6.07) is 10.8. The van der Waals surface area contributed by atoms with Crippen LogP contribution in [0, 0.1) is 6.92 Å². The number of hydrogen-bond acceptors (Lipinski definition) is 9. The van der Waals surface area contributed by atoms with Crippen molar-refractivity contribution in [3.8, 4) is 11.1 Å². The monoisotopic (exact) mass is 536 g/mol. The van der Waals surface area contributed by atoms with E-state index in [2.05, 4.69) is 68.4 Å². The van der Waals surface area contributed by atoms with E-state index in [0.717, 1.165) is 78.9 Å². The molecule has 2 saturated heterocycles. The molecule has 11 nitrogen and oxygen atoms in total. The van der Waals surface area contributed by atoms with Gasteiger partial charge in [-0.2, -0.15) is 10.2 Å². The first-order chi connectivity index (χ1) is 19.5. The van der Waals surface area contributed by atoms with Gasteiger partial charge in [0.05, 0.1) is 31.0 Å². The molecule has 204 valence electrons. The number of nitrogens with two attached hydrogens (primary N) is 1. The number of nitrogens with zero attached hydrogens (tertiary/aromatic N) is 9. The molecule has 2 aliphatic rings. The third-order valence-corrected chi connectivity index (χ3v) is 8.07. The summed E-state index contributed by atoms with van der Waals surface area (Å²) >= 11 is 0.